The molecule has 0 aromatic heterocycles. The minimum atomic E-state index is -0.660. The molecule has 2 amide bonds. The molecule has 0 spiro atoms. The van der Waals surface area contributed by atoms with Gasteiger partial charge in [0.1, 0.15) is 6.04 Å². The van der Waals surface area contributed by atoms with Gasteiger partial charge >= 0.3 is 0 Å². The van der Waals surface area contributed by atoms with Crippen LogP contribution in [-0.4, -0.2) is 29.3 Å². The summed E-state index contributed by atoms with van der Waals surface area (Å²) in [4.78, 5) is 29.2. The van der Waals surface area contributed by atoms with E-state index in [9.17, 15) is 9.59 Å². The Morgan fingerprint density at radius 2 is 1.47 bits per heavy atom. The molecule has 196 valence electrons. The zero-order chi connectivity index (χ0) is 26.9. The molecule has 38 heavy (non-hydrogen) atoms. The Balaban J connectivity index is 1.64. The van der Waals surface area contributed by atoms with Gasteiger partial charge in [-0.05, 0) is 45.9 Å². The Kier molecular flexibility index (Phi) is 9.56. The van der Waals surface area contributed by atoms with Crippen LogP contribution in [0.2, 0.25) is 5.02 Å². The predicted octanol–water partition coefficient (Wildman–Crippen LogP) is 6.84. The molecule has 0 saturated carbocycles. The third-order valence-electron chi connectivity index (χ3n) is 6.74. The van der Waals surface area contributed by atoms with Crippen molar-refractivity contribution in [1.82, 2.24) is 10.2 Å². The number of hydrogen-bond acceptors (Lipinski definition) is 2. The van der Waals surface area contributed by atoms with Gasteiger partial charge in [0.05, 0.1) is 0 Å². The molecular formula is C33H35ClN2O2. The van der Waals surface area contributed by atoms with Crippen molar-refractivity contribution in [2.24, 2.45) is 5.92 Å². The van der Waals surface area contributed by atoms with Gasteiger partial charge in [-0.1, -0.05) is 116 Å². The van der Waals surface area contributed by atoms with Crippen LogP contribution in [0.4, 0.5) is 0 Å². The number of halogens is 1. The van der Waals surface area contributed by atoms with Crippen LogP contribution in [0.3, 0.4) is 0 Å². The van der Waals surface area contributed by atoms with E-state index in [-0.39, 0.29) is 18.4 Å². The van der Waals surface area contributed by atoms with Gasteiger partial charge < -0.3 is 10.2 Å². The second kappa shape index (κ2) is 13.3. The lowest BCUT2D eigenvalue weighted by atomic mass is 9.99. The lowest BCUT2D eigenvalue weighted by molar-refractivity contribution is -0.141. The first kappa shape index (κ1) is 27.4. The molecule has 0 radical (unpaired) electrons. The molecule has 4 aromatic rings. The Bertz CT molecular complexity index is 1360. The summed E-state index contributed by atoms with van der Waals surface area (Å²) in [6.45, 7) is 4.93. The van der Waals surface area contributed by atoms with Crippen molar-refractivity contribution >= 4 is 34.2 Å². The fourth-order valence-electron chi connectivity index (χ4n) is 4.68. The van der Waals surface area contributed by atoms with E-state index in [1.165, 1.54) is 0 Å². The van der Waals surface area contributed by atoms with Gasteiger partial charge in [0.25, 0.3) is 0 Å². The smallest absolute Gasteiger partial charge is 0.243 e. The molecule has 0 aliphatic heterocycles. The number of carbonyl (C=O) groups is 2. The van der Waals surface area contributed by atoms with Gasteiger partial charge in [0, 0.05) is 31.0 Å². The third-order valence-corrected chi connectivity index (χ3v) is 7.11. The molecule has 0 saturated heterocycles. The zero-order valence-corrected chi connectivity index (χ0v) is 22.8. The van der Waals surface area contributed by atoms with Crippen LogP contribution in [0.1, 0.15) is 37.0 Å². The second-order valence-corrected chi connectivity index (χ2v) is 10.5. The highest BCUT2D eigenvalue weighted by atomic mass is 35.5. The molecular weight excluding hydrogens is 492 g/mol. The molecule has 0 aliphatic rings. The van der Waals surface area contributed by atoms with E-state index in [4.69, 9.17) is 11.6 Å². The van der Waals surface area contributed by atoms with Gasteiger partial charge in [-0.25, -0.2) is 0 Å². The van der Waals surface area contributed by atoms with Gasteiger partial charge in [-0.2, -0.15) is 0 Å². The summed E-state index contributed by atoms with van der Waals surface area (Å²) >= 11 is 6.52. The van der Waals surface area contributed by atoms with Crippen molar-refractivity contribution in [2.75, 3.05) is 6.54 Å². The number of rotatable bonds is 11. The van der Waals surface area contributed by atoms with Gasteiger partial charge in [0.2, 0.25) is 11.8 Å². The second-order valence-electron chi connectivity index (χ2n) is 10.1. The minimum absolute atomic E-state index is 0.0709. The normalized spacial score (nSPS) is 11.9. The topological polar surface area (TPSA) is 49.4 Å². The molecule has 1 N–H and O–H groups in total. The highest BCUT2D eigenvalue weighted by Gasteiger charge is 2.30. The highest BCUT2D eigenvalue weighted by molar-refractivity contribution is 6.31. The van der Waals surface area contributed by atoms with E-state index in [1.807, 2.05) is 72.8 Å². The van der Waals surface area contributed by atoms with E-state index in [0.29, 0.717) is 36.7 Å². The van der Waals surface area contributed by atoms with Gasteiger partial charge in [-0.15, -0.1) is 0 Å². The number of carbonyl (C=O) groups excluding carboxylic acids is 2. The maximum absolute atomic E-state index is 13.9. The Morgan fingerprint density at radius 3 is 2.24 bits per heavy atom. The molecule has 5 heteroatoms. The highest BCUT2D eigenvalue weighted by Crippen LogP contribution is 2.23. The summed E-state index contributed by atoms with van der Waals surface area (Å²) in [7, 11) is 0. The van der Waals surface area contributed by atoms with E-state index in [1.54, 1.807) is 4.90 Å². The number of hydrogen-bond donors (Lipinski definition) is 1. The van der Waals surface area contributed by atoms with Crippen LogP contribution >= 0.6 is 11.6 Å². The molecule has 4 nitrogen and oxygen atoms in total. The van der Waals surface area contributed by atoms with Crippen molar-refractivity contribution in [3.05, 3.63) is 119 Å². The van der Waals surface area contributed by atoms with Crippen molar-refractivity contribution in [3.63, 3.8) is 0 Å². The average Bonchev–Trinajstić information content (AvgIpc) is 2.93. The quantitative estimate of drug-likeness (QED) is 0.232. The number of benzene rings is 4. The summed E-state index contributed by atoms with van der Waals surface area (Å²) in [5.74, 6) is 0.0852. The van der Waals surface area contributed by atoms with Crippen molar-refractivity contribution in [3.8, 4) is 0 Å². The van der Waals surface area contributed by atoms with Crippen LogP contribution < -0.4 is 5.32 Å². The molecule has 0 bridgehead atoms. The molecule has 1 atom stereocenters. The first-order valence-corrected chi connectivity index (χ1v) is 13.6. The van der Waals surface area contributed by atoms with E-state index in [0.717, 1.165) is 27.5 Å². The first-order valence-electron chi connectivity index (χ1n) is 13.2. The van der Waals surface area contributed by atoms with Gasteiger partial charge in [-0.3, -0.25) is 9.59 Å². The molecule has 0 fully saturated rings. The first-order chi connectivity index (χ1) is 18.4. The number of amides is 2. The fraction of sp³-hybridized carbons (Fsp3) is 0.273. The standard InChI is InChI=1S/C33H35ClN2O2/c1-24(2)22-35-33(38)31(21-25-11-4-3-5-12-25)36(23-28-14-7-9-18-30(28)34)32(37)20-19-27-16-10-15-26-13-6-8-17-29(26)27/h3-18,24,31H,19-23H2,1-2H3,(H,35,38)/t31-/m0/s1. The van der Waals surface area contributed by atoms with Crippen LogP contribution in [0.15, 0.2) is 97.1 Å². The fourth-order valence-corrected chi connectivity index (χ4v) is 4.88. The van der Waals surface area contributed by atoms with E-state index < -0.39 is 6.04 Å². The minimum Gasteiger partial charge on any atom is -0.354 e. The Morgan fingerprint density at radius 1 is 0.816 bits per heavy atom. The summed E-state index contributed by atoms with van der Waals surface area (Å²) in [6.07, 6.45) is 1.31. The van der Waals surface area contributed by atoms with Gasteiger partial charge in [0.15, 0.2) is 0 Å². The Labute approximate surface area is 230 Å². The summed E-state index contributed by atoms with van der Waals surface area (Å²) in [5, 5.41) is 5.96. The summed E-state index contributed by atoms with van der Waals surface area (Å²) < 4.78 is 0. The summed E-state index contributed by atoms with van der Waals surface area (Å²) in [5.41, 5.74) is 2.95. The van der Waals surface area contributed by atoms with Crippen molar-refractivity contribution in [1.29, 1.82) is 0 Å². The average molecular weight is 527 g/mol. The van der Waals surface area contributed by atoms with Crippen LogP contribution in [0.5, 0.6) is 0 Å². The van der Waals surface area contributed by atoms with Crippen LogP contribution in [0.25, 0.3) is 10.8 Å². The number of nitrogens with zero attached hydrogens (tertiary/aromatic N) is 1. The number of fused-ring (bicyclic) bond motifs is 1. The number of aryl methyl sites for hydroxylation is 1. The third kappa shape index (κ3) is 7.23. The molecule has 0 unspecified atom stereocenters. The maximum Gasteiger partial charge on any atom is 0.243 e. The number of nitrogens with one attached hydrogen (secondary N) is 1. The van der Waals surface area contributed by atoms with Crippen molar-refractivity contribution in [2.45, 2.75) is 45.7 Å². The predicted molar refractivity (Wildman–Crippen MR) is 156 cm³/mol. The molecule has 4 aromatic carbocycles. The molecule has 0 aliphatic carbocycles. The lowest BCUT2D eigenvalue weighted by Crippen LogP contribution is -2.51. The largest absolute Gasteiger partial charge is 0.354 e. The maximum atomic E-state index is 13.9. The zero-order valence-electron chi connectivity index (χ0n) is 22.1. The van der Waals surface area contributed by atoms with Crippen LogP contribution in [0, 0.1) is 5.92 Å². The van der Waals surface area contributed by atoms with Crippen LogP contribution in [-0.2, 0) is 29.0 Å². The van der Waals surface area contributed by atoms with Crippen molar-refractivity contribution < 1.29 is 9.59 Å². The SMILES string of the molecule is CC(C)CNC(=O)[C@H](Cc1ccccc1)N(Cc1ccccc1Cl)C(=O)CCc1cccc2ccccc12. The molecule has 0 heterocycles. The van der Waals surface area contributed by atoms with E-state index >= 15 is 0 Å². The lowest BCUT2D eigenvalue weighted by Gasteiger charge is -2.32. The Hall–Kier alpha value is -3.63. The van der Waals surface area contributed by atoms with E-state index in [2.05, 4.69) is 43.4 Å². The summed E-state index contributed by atoms with van der Waals surface area (Å²) in [6, 6.07) is 31.1. The molecule has 4 rings (SSSR count). The monoisotopic (exact) mass is 526 g/mol.